The maximum absolute atomic E-state index is 11.8. The summed E-state index contributed by atoms with van der Waals surface area (Å²) in [5.74, 6) is 0.359. The highest BCUT2D eigenvalue weighted by atomic mass is 35.5. The van der Waals surface area contributed by atoms with E-state index >= 15 is 0 Å². The minimum absolute atomic E-state index is 0.0979. The van der Waals surface area contributed by atoms with Crippen molar-refractivity contribution in [3.05, 3.63) is 23.2 Å². The van der Waals surface area contributed by atoms with Gasteiger partial charge in [-0.15, -0.1) is 4.40 Å². The van der Waals surface area contributed by atoms with Gasteiger partial charge in [-0.2, -0.15) is 8.42 Å². The van der Waals surface area contributed by atoms with E-state index in [1.165, 1.54) is 6.07 Å². The summed E-state index contributed by atoms with van der Waals surface area (Å²) in [5.41, 5.74) is 5.84. The molecule has 16 heavy (non-hydrogen) atoms. The van der Waals surface area contributed by atoms with Crippen LogP contribution in [-0.2, 0) is 10.0 Å². The predicted octanol–water partition coefficient (Wildman–Crippen LogP) is 1.20. The Bertz CT molecular complexity index is 554. The number of nitrogens with one attached hydrogen (secondary N) is 1. The average molecular weight is 260 g/mol. The monoisotopic (exact) mass is 259 g/mol. The molecule has 0 spiro atoms. The second-order valence-electron chi connectivity index (χ2n) is 3.32. The van der Waals surface area contributed by atoms with Crippen molar-refractivity contribution in [3.63, 3.8) is 0 Å². The van der Waals surface area contributed by atoms with Crippen LogP contribution in [0.1, 0.15) is 6.42 Å². The first-order valence-electron chi connectivity index (χ1n) is 4.63. The number of fused-ring (bicyclic) bond motifs is 1. The lowest BCUT2D eigenvalue weighted by Crippen LogP contribution is -2.23. The van der Waals surface area contributed by atoms with Gasteiger partial charge >= 0.3 is 0 Å². The van der Waals surface area contributed by atoms with Crippen molar-refractivity contribution in [1.82, 2.24) is 0 Å². The molecule has 2 rings (SSSR count). The second kappa shape index (κ2) is 4.04. The van der Waals surface area contributed by atoms with E-state index in [4.69, 9.17) is 17.3 Å². The summed E-state index contributed by atoms with van der Waals surface area (Å²) >= 11 is 5.74. The molecule has 1 aromatic rings. The molecule has 0 unspecified atom stereocenters. The number of hydrogen-bond donors (Lipinski definition) is 2. The number of sulfonamides is 1. The molecule has 0 saturated heterocycles. The summed E-state index contributed by atoms with van der Waals surface area (Å²) in [6, 6.07) is 4.61. The van der Waals surface area contributed by atoms with E-state index in [9.17, 15) is 8.42 Å². The first-order valence-corrected chi connectivity index (χ1v) is 6.45. The number of nitrogens with zero attached hydrogens (tertiary/aromatic N) is 1. The lowest BCUT2D eigenvalue weighted by Gasteiger charge is -2.17. The van der Waals surface area contributed by atoms with Crippen LogP contribution in [0.3, 0.4) is 0 Å². The zero-order valence-electron chi connectivity index (χ0n) is 8.27. The quantitative estimate of drug-likeness (QED) is 0.836. The van der Waals surface area contributed by atoms with Gasteiger partial charge in [0.15, 0.2) is 0 Å². The Balaban J connectivity index is 2.53. The van der Waals surface area contributed by atoms with Gasteiger partial charge in [0.05, 0.1) is 5.69 Å². The van der Waals surface area contributed by atoms with Crippen LogP contribution >= 0.6 is 11.6 Å². The van der Waals surface area contributed by atoms with Gasteiger partial charge in [0.1, 0.15) is 10.7 Å². The van der Waals surface area contributed by atoms with Crippen LogP contribution in [0.25, 0.3) is 0 Å². The third kappa shape index (κ3) is 2.04. The highest BCUT2D eigenvalue weighted by molar-refractivity contribution is 7.90. The number of anilines is 1. The number of benzene rings is 1. The summed E-state index contributed by atoms with van der Waals surface area (Å²) in [7, 11) is -3.65. The fourth-order valence-electron chi connectivity index (χ4n) is 1.43. The molecule has 3 N–H and O–H groups in total. The molecule has 0 amide bonds. The van der Waals surface area contributed by atoms with Crippen LogP contribution in [-0.4, -0.2) is 20.8 Å². The largest absolute Gasteiger partial charge is 0.342 e. The van der Waals surface area contributed by atoms with Crippen LogP contribution in [0.4, 0.5) is 5.69 Å². The van der Waals surface area contributed by atoms with Gasteiger partial charge in [-0.1, -0.05) is 11.6 Å². The molecule has 1 aliphatic rings. The zero-order valence-corrected chi connectivity index (χ0v) is 9.85. The Labute approximate surface area is 98.4 Å². The van der Waals surface area contributed by atoms with Crippen LogP contribution in [0.2, 0.25) is 5.02 Å². The standard InChI is InChI=1S/C9H10ClN3O2S/c10-6-1-2-7-8(5-6)16(14,15)13-9(12-7)3-4-11/h1-2,5H,3-4,11H2,(H,12,13). The topological polar surface area (TPSA) is 84.5 Å². The van der Waals surface area contributed by atoms with Crippen molar-refractivity contribution in [3.8, 4) is 0 Å². The van der Waals surface area contributed by atoms with E-state index < -0.39 is 10.0 Å². The van der Waals surface area contributed by atoms with Crippen LogP contribution in [0.15, 0.2) is 27.5 Å². The first kappa shape index (κ1) is 11.4. The molecule has 0 atom stereocenters. The van der Waals surface area contributed by atoms with Gasteiger partial charge in [-0.05, 0) is 24.7 Å². The Morgan fingerprint density at radius 3 is 2.88 bits per heavy atom. The van der Waals surface area contributed by atoms with E-state index in [2.05, 4.69) is 9.71 Å². The molecule has 1 aromatic carbocycles. The molecular weight excluding hydrogens is 250 g/mol. The molecule has 7 heteroatoms. The molecule has 0 radical (unpaired) electrons. The Morgan fingerprint density at radius 2 is 2.19 bits per heavy atom. The molecule has 86 valence electrons. The van der Waals surface area contributed by atoms with Gasteiger partial charge in [-0.3, -0.25) is 0 Å². The lowest BCUT2D eigenvalue weighted by molar-refractivity contribution is 0.597. The molecular formula is C9H10ClN3O2S. The molecule has 1 aliphatic heterocycles. The summed E-state index contributed by atoms with van der Waals surface area (Å²) in [4.78, 5) is 0.0979. The summed E-state index contributed by atoms with van der Waals surface area (Å²) < 4.78 is 27.2. The fourth-order valence-corrected chi connectivity index (χ4v) is 2.87. The first-order chi connectivity index (χ1) is 7.53. The van der Waals surface area contributed by atoms with Crippen LogP contribution in [0.5, 0.6) is 0 Å². The molecule has 1 heterocycles. The molecule has 5 nitrogen and oxygen atoms in total. The van der Waals surface area contributed by atoms with Gasteiger partial charge in [-0.25, -0.2) is 0 Å². The third-order valence-corrected chi connectivity index (χ3v) is 3.70. The molecule has 0 saturated carbocycles. The molecule has 0 aromatic heterocycles. The maximum atomic E-state index is 11.8. The number of hydrogen-bond acceptors (Lipinski definition) is 4. The SMILES string of the molecule is NCCC1=NS(=O)(=O)c2cc(Cl)ccc2N1. The Hall–Kier alpha value is -1.11. The highest BCUT2D eigenvalue weighted by Gasteiger charge is 2.24. The summed E-state index contributed by atoms with van der Waals surface area (Å²) in [6.45, 7) is 0.338. The van der Waals surface area contributed by atoms with Crippen molar-refractivity contribution < 1.29 is 8.42 Å². The van der Waals surface area contributed by atoms with E-state index in [1.54, 1.807) is 12.1 Å². The highest BCUT2D eigenvalue weighted by Crippen LogP contribution is 2.29. The minimum atomic E-state index is -3.65. The Morgan fingerprint density at radius 1 is 1.44 bits per heavy atom. The molecule has 0 aliphatic carbocycles. The van der Waals surface area contributed by atoms with Gasteiger partial charge in [0.2, 0.25) is 0 Å². The lowest BCUT2D eigenvalue weighted by atomic mass is 10.3. The van der Waals surface area contributed by atoms with Crippen molar-refractivity contribution in [2.75, 3.05) is 11.9 Å². The van der Waals surface area contributed by atoms with E-state index in [-0.39, 0.29) is 4.90 Å². The number of rotatable bonds is 2. The smallest absolute Gasteiger partial charge is 0.286 e. The van der Waals surface area contributed by atoms with Crippen molar-refractivity contribution in [2.24, 2.45) is 10.1 Å². The van der Waals surface area contributed by atoms with Crippen molar-refractivity contribution in [1.29, 1.82) is 0 Å². The molecule has 0 bridgehead atoms. The van der Waals surface area contributed by atoms with Crippen molar-refractivity contribution in [2.45, 2.75) is 11.3 Å². The normalized spacial score (nSPS) is 17.2. The number of amidine groups is 1. The van der Waals surface area contributed by atoms with Crippen molar-refractivity contribution >= 4 is 33.1 Å². The zero-order chi connectivity index (χ0) is 11.8. The van der Waals surface area contributed by atoms with Gasteiger partial charge in [0, 0.05) is 11.4 Å². The maximum Gasteiger partial charge on any atom is 0.286 e. The van der Waals surface area contributed by atoms with Gasteiger partial charge in [0.25, 0.3) is 10.0 Å². The second-order valence-corrected chi connectivity index (χ2v) is 5.33. The average Bonchev–Trinajstić information content (AvgIpc) is 2.19. The Kier molecular flexibility index (Phi) is 2.88. The number of halogens is 1. The van der Waals surface area contributed by atoms with Crippen LogP contribution in [0, 0.1) is 0 Å². The predicted molar refractivity (Wildman–Crippen MR) is 63.4 cm³/mol. The van der Waals surface area contributed by atoms with Gasteiger partial charge < -0.3 is 11.1 Å². The van der Waals surface area contributed by atoms with E-state index in [1.807, 2.05) is 0 Å². The molecule has 0 fully saturated rings. The summed E-state index contributed by atoms with van der Waals surface area (Å²) in [6.07, 6.45) is 0.390. The minimum Gasteiger partial charge on any atom is -0.342 e. The third-order valence-electron chi connectivity index (χ3n) is 2.11. The van der Waals surface area contributed by atoms with E-state index in [0.29, 0.717) is 29.5 Å². The van der Waals surface area contributed by atoms with Crippen LogP contribution < -0.4 is 11.1 Å². The van der Waals surface area contributed by atoms with E-state index in [0.717, 1.165) is 0 Å². The number of nitrogens with two attached hydrogens (primary N) is 1. The summed E-state index contributed by atoms with van der Waals surface area (Å²) in [5, 5.41) is 3.28. The fraction of sp³-hybridized carbons (Fsp3) is 0.222.